The van der Waals surface area contributed by atoms with E-state index in [1.165, 1.54) is 0 Å². The van der Waals surface area contributed by atoms with E-state index in [2.05, 4.69) is 4.98 Å². The summed E-state index contributed by atoms with van der Waals surface area (Å²) in [5, 5.41) is 0.999. The first-order chi connectivity index (χ1) is 8.18. The van der Waals surface area contributed by atoms with E-state index in [-0.39, 0.29) is 11.8 Å². The zero-order chi connectivity index (χ0) is 12.3. The Labute approximate surface area is 101 Å². The Kier molecular flexibility index (Phi) is 3.49. The molecule has 2 N–H and O–H groups in total. The molecule has 1 aromatic carbocycles. The smallest absolute Gasteiger partial charge is 0.165 e. The van der Waals surface area contributed by atoms with E-state index in [0.717, 1.165) is 10.9 Å². The van der Waals surface area contributed by atoms with E-state index in [1.54, 1.807) is 6.20 Å². The molecule has 0 aliphatic heterocycles. The molecule has 1 atom stereocenters. The Balaban J connectivity index is 2.32. The van der Waals surface area contributed by atoms with Crippen molar-refractivity contribution < 1.29 is 4.79 Å². The average Bonchev–Trinajstić information content (AvgIpc) is 2.35. The van der Waals surface area contributed by atoms with Gasteiger partial charge in [-0.2, -0.15) is 0 Å². The minimum Gasteiger partial charge on any atom is -0.328 e. The van der Waals surface area contributed by atoms with Gasteiger partial charge in [0.2, 0.25) is 0 Å². The van der Waals surface area contributed by atoms with E-state index in [0.29, 0.717) is 18.4 Å². The molecule has 0 aliphatic carbocycles. The number of para-hydroxylation sites is 1. The number of aromatic nitrogens is 1. The number of nitrogens with zero attached hydrogens (tertiary/aromatic N) is 1. The summed E-state index contributed by atoms with van der Waals surface area (Å²) in [6.45, 7) is 1.91. The summed E-state index contributed by atoms with van der Waals surface area (Å²) >= 11 is 0. The van der Waals surface area contributed by atoms with Crippen LogP contribution in [0.3, 0.4) is 0 Å². The molecule has 1 heterocycles. The normalized spacial score (nSPS) is 12.6. The number of fused-ring (bicyclic) bond motifs is 1. The first-order valence-corrected chi connectivity index (χ1v) is 5.81. The zero-order valence-corrected chi connectivity index (χ0v) is 9.89. The highest BCUT2D eigenvalue weighted by atomic mass is 16.1. The molecule has 88 valence electrons. The first kappa shape index (κ1) is 11.7. The van der Waals surface area contributed by atoms with E-state index in [1.807, 2.05) is 37.3 Å². The van der Waals surface area contributed by atoms with Gasteiger partial charge in [-0.05, 0) is 25.5 Å². The lowest BCUT2D eigenvalue weighted by Gasteiger charge is -2.06. The molecule has 0 aliphatic rings. The lowest BCUT2D eigenvalue weighted by molar-refractivity contribution is 0.0979. The van der Waals surface area contributed by atoms with Gasteiger partial charge in [-0.1, -0.05) is 18.2 Å². The van der Waals surface area contributed by atoms with Crippen LogP contribution >= 0.6 is 0 Å². The van der Waals surface area contributed by atoms with Gasteiger partial charge in [0.1, 0.15) is 0 Å². The second-order valence-electron chi connectivity index (χ2n) is 4.32. The van der Waals surface area contributed by atoms with Crippen molar-refractivity contribution in [2.24, 2.45) is 5.73 Å². The number of Topliss-reactive ketones (excluding diaryl/α,β-unsaturated/α-hetero) is 1. The van der Waals surface area contributed by atoms with Gasteiger partial charge in [0.05, 0.1) is 5.52 Å². The minimum atomic E-state index is 0.0573. The van der Waals surface area contributed by atoms with Gasteiger partial charge in [0, 0.05) is 29.6 Å². The average molecular weight is 228 g/mol. The van der Waals surface area contributed by atoms with Crippen LogP contribution in [0.4, 0.5) is 0 Å². The minimum absolute atomic E-state index is 0.0573. The number of rotatable bonds is 4. The SMILES string of the molecule is CC(N)CCC(=O)c1cccc2cccnc12. The molecule has 3 nitrogen and oxygen atoms in total. The van der Waals surface area contributed by atoms with E-state index < -0.39 is 0 Å². The van der Waals surface area contributed by atoms with Crippen molar-refractivity contribution in [2.75, 3.05) is 0 Å². The van der Waals surface area contributed by atoms with Crippen molar-refractivity contribution in [3.05, 3.63) is 42.1 Å². The highest BCUT2D eigenvalue weighted by Gasteiger charge is 2.11. The number of carbonyl (C=O) groups excluding carboxylic acids is 1. The molecule has 0 saturated heterocycles. The number of benzene rings is 1. The molecule has 1 aromatic heterocycles. The monoisotopic (exact) mass is 228 g/mol. The van der Waals surface area contributed by atoms with Crippen LogP contribution in [0.2, 0.25) is 0 Å². The van der Waals surface area contributed by atoms with Crippen LogP contribution in [0.15, 0.2) is 36.5 Å². The van der Waals surface area contributed by atoms with Crippen molar-refractivity contribution in [1.29, 1.82) is 0 Å². The van der Waals surface area contributed by atoms with E-state index in [9.17, 15) is 4.79 Å². The van der Waals surface area contributed by atoms with Crippen molar-refractivity contribution in [2.45, 2.75) is 25.8 Å². The molecular weight excluding hydrogens is 212 g/mol. The van der Waals surface area contributed by atoms with Crippen LogP contribution in [-0.2, 0) is 0 Å². The number of ketones is 1. The van der Waals surface area contributed by atoms with Gasteiger partial charge in [0.15, 0.2) is 5.78 Å². The number of hydrogen-bond acceptors (Lipinski definition) is 3. The van der Waals surface area contributed by atoms with Gasteiger partial charge in [-0.25, -0.2) is 0 Å². The van der Waals surface area contributed by atoms with E-state index in [4.69, 9.17) is 5.73 Å². The van der Waals surface area contributed by atoms with E-state index >= 15 is 0 Å². The van der Waals surface area contributed by atoms with Crippen LogP contribution in [0.1, 0.15) is 30.1 Å². The number of pyridine rings is 1. The number of nitrogens with two attached hydrogens (primary N) is 1. The molecule has 3 heteroatoms. The van der Waals surface area contributed by atoms with Crippen LogP contribution in [0.5, 0.6) is 0 Å². The van der Waals surface area contributed by atoms with Gasteiger partial charge in [-0.15, -0.1) is 0 Å². The highest BCUT2D eigenvalue weighted by molar-refractivity contribution is 6.06. The standard InChI is InChI=1S/C14H16N2O/c1-10(15)7-8-13(17)12-6-2-4-11-5-3-9-16-14(11)12/h2-6,9-10H,7-8,15H2,1H3. The third-order valence-electron chi connectivity index (χ3n) is 2.76. The molecule has 0 spiro atoms. The summed E-state index contributed by atoms with van der Waals surface area (Å²) < 4.78 is 0. The Morgan fingerprint density at radius 3 is 2.88 bits per heavy atom. The van der Waals surface area contributed by atoms with Gasteiger partial charge in [0.25, 0.3) is 0 Å². The maximum Gasteiger partial charge on any atom is 0.165 e. The van der Waals surface area contributed by atoms with Gasteiger partial charge >= 0.3 is 0 Å². The van der Waals surface area contributed by atoms with Crippen LogP contribution in [0, 0.1) is 0 Å². The molecule has 2 aromatic rings. The molecule has 0 amide bonds. The fourth-order valence-electron chi connectivity index (χ4n) is 1.82. The Morgan fingerprint density at radius 1 is 1.35 bits per heavy atom. The largest absolute Gasteiger partial charge is 0.328 e. The summed E-state index contributed by atoms with van der Waals surface area (Å²) in [5.74, 6) is 0.117. The molecule has 17 heavy (non-hydrogen) atoms. The van der Waals surface area contributed by atoms with Crippen LogP contribution < -0.4 is 5.73 Å². The summed E-state index contributed by atoms with van der Waals surface area (Å²) in [6, 6.07) is 9.58. The molecule has 0 radical (unpaired) electrons. The number of hydrogen-bond donors (Lipinski definition) is 1. The third kappa shape index (κ3) is 2.68. The summed E-state index contributed by atoms with van der Waals surface area (Å²) in [4.78, 5) is 16.3. The Morgan fingerprint density at radius 2 is 2.12 bits per heavy atom. The lowest BCUT2D eigenvalue weighted by Crippen LogP contribution is -2.16. The molecule has 0 bridgehead atoms. The molecule has 2 rings (SSSR count). The topological polar surface area (TPSA) is 56.0 Å². The highest BCUT2D eigenvalue weighted by Crippen LogP contribution is 2.18. The first-order valence-electron chi connectivity index (χ1n) is 5.81. The summed E-state index contributed by atoms with van der Waals surface area (Å²) in [5.41, 5.74) is 7.14. The predicted molar refractivity (Wildman–Crippen MR) is 69.0 cm³/mol. The van der Waals surface area contributed by atoms with Gasteiger partial charge < -0.3 is 5.73 Å². The maximum atomic E-state index is 12.1. The predicted octanol–water partition coefficient (Wildman–Crippen LogP) is 2.54. The molecule has 0 fully saturated rings. The second kappa shape index (κ2) is 5.06. The molecule has 0 saturated carbocycles. The summed E-state index contributed by atoms with van der Waals surface area (Å²) in [7, 11) is 0. The molecular formula is C14H16N2O. The van der Waals surface area contributed by atoms with Crippen molar-refractivity contribution in [3.63, 3.8) is 0 Å². The molecule has 1 unspecified atom stereocenters. The van der Waals surface area contributed by atoms with Crippen LogP contribution in [-0.4, -0.2) is 16.8 Å². The fourth-order valence-corrected chi connectivity index (χ4v) is 1.82. The Hall–Kier alpha value is -1.74. The Bertz CT molecular complexity index is 529. The van der Waals surface area contributed by atoms with Crippen LogP contribution in [0.25, 0.3) is 10.9 Å². The van der Waals surface area contributed by atoms with Crippen molar-refractivity contribution in [3.8, 4) is 0 Å². The van der Waals surface area contributed by atoms with Crippen molar-refractivity contribution >= 4 is 16.7 Å². The van der Waals surface area contributed by atoms with Crippen molar-refractivity contribution in [1.82, 2.24) is 4.98 Å². The maximum absolute atomic E-state index is 12.1. The summed E-state index contributed by atoms with van der Waals surface area (Å²) in [6.07, 6.45) is 2.90. The fraction of sp³-hybridized carbons (Fsp3) is 0.286. The number of carbonyl (C=O) groups is 1. The van der Waals surface area contributed by atoms with Gasteiger partial charge in [-0.3, -0.25) is 9.78 Å². The second-order valence-corrected chi connectivity index (χ2v) is 4.32. The lowest BCUT2D eigenvalue weighted by atomic mass is 10.0. The third-order valence-corrected chi connectivity index (χ3v) is 2.76. The zero-order valence-electron chi connectivity index (χ0n) is 9.89. The quantitative estimate of drug-likeness (QED) is 0.818.